The molecule has 0 N–H and O–H groups in total. The average Bonchev–Trinajstić information content (AvgIpc) is 3.05. The van der Waals surface area contributed by atoms with E-state index in [-0.39, 0.29) is 11.3 Å². The number of alkyl halides is 3. The number of hydrogen-bond donors (Lipinski definition) is 0. The zero-order valence-corrected chi connectivity index (χ0v) is 16.3. The van der Waals surface area contributed by atoms with Gasteiger partial charge in [-0.25, -0.2) is 4.39 Å². The Morgan fingerprint density at radius 3 is 2.29 bits per heavy atom. The molecule has 0 bridgehead atoms. The second-order valence-electron chi connectivity index (χ2n) is 6.19. The van der Waals surface area contributed by atoms with Crippen LogP contribution >= 0.6 is 34.8 Å². The topological polar surface area (TPSA) is 38.7 Å². The van der Waals surface area contributed by atoms with Gasteiger partial charge in [0.25, 0.3) is 10.8 Å². The number of hydrogen-bond acceptors (Lipinski definition) is 3. The van der Waals surface area contributed by atoms with Crippen molar-refractivity contribution in [2.75, 3.05) is 0 Å². The Kier molecular flexibility index (Phi) is 5.38. The van der Waals surface area contributed by atoms with Crippen LogP contribution in [0.5, 0.6) is 0 Å². The lowest BCUT2D eigenvalue weighted by Gasteiger charge is -2.29. The smallest absolute Gasteiger partial charge is 0.374 e. The monoisotopic (exact) mass is 453 g/mol. The first-order valence-corrected chi connectivity index (χ1v) is 8.87. The largest absolute Gasteiger partial charge is 0.435 e. The summed E-state index contributed by atoms with van der Waals surface area (Å²) in [5.74, 6) is -1.03. The van der Waals surface area contributed by atoms with Gasteiger partial charge in [-0.05, 0) is 53.9 Å². The highest BCUT2D eigenvalue weighted by Crippen LogP contribution is 2.50. The summed E-state index contributed by atoms with van der Waals surface area (Å²) in [6.07, 6.45) is -5.59. The minimum atomic E-state index is -4.90. The fourth-order valence-corrected chi connectivity index (χ4v) is 3.61. The van der Waals surface area contributed by atoms with Gasteiger partial charge in [-0.15, -0.1) is 0 Å². The molecule has 1 heterocycles. The Labute approximate surface area is 171 Å². The minimum Gasteiger partial charge on any atom is -0.374 e. The molecule has 0 saturated heterocycles. The van der Waals surface area contributed by atoms with Crippen molar-refractivity contribution in [1.29, 1.82) is 0 Å². The normalized spacial score (nSPS) is 19.4. The van der Waals surface area contributed by atoms with Crippen molar-refractivity contribution < 1.29 is 27.2 Å². The highest BCUT2D eigenvalue weighted by molar-refractivity contribution is 6.67. The van der Waals surface area contributed by atoms with Crippen LogP contribution in [0.4, 0.5) is 17.6 Å². The molecule has 0 amide bonds. The molecule has 3 nitrogen and oxygen atoms in total. The second kappa shape index (κ2) is 7.21. The van der Waals surface area contributed by atoms with Gasteiger partial charge in [0.05, 0.1) is 15.8 Å². The molecule has 0 fully saturated rings. The van der Waals surface area contributed by atoms with Crippen LogP contribution in [-0.4, -0.2) is 17.1 Å². The van der Waals surface area contributed by atoms with Gasteiger partial charge in [-0.1, -0.05) is 34.4 Å². The first-order chi connectivity index (χ1) is 13.0. The summed E-state index contributed by atoms with van der Waals surface area (Å²) in [6.45, 7) is 1.59. The Bertz CT molecular complexity index is 984. The van der Waals surface area contributed by atoms with Crippen molar-refractivity contribution in [3.05, 3.63) is 68.4 Å². The van der Waals surface area contributed by atoms with Crippen molar-refractivity contribution >= 4 is 45.8 Å². The van der Waals surface area contributed by atoms with E-state index in [9.17, 15) is 22.4 Å². The number of carbonyl (C=O) groups excluding carboxylic acids is 1. The molecule has 1 aliphatic heterocycles. The van der Waals surface area contributed by atoms with Crippen LogP contribution in [0.3, 0.4) is 0 Å². The molecule has 0 spiro atoms. The fourth-order valence-electron chi connectivity index (χ4n) is 2.91. The zero-order chi connectivity index (χ0) is 20.9. The molecular weight excluding hydrogens is 445 g/mol. The maximum atomic E-state index is 14.0. The van der Waals surface area contributed by atoms with Crippen molar-refractivity contribution in [3.63, 3.8) is 0 Å². The minimum absolute atomic E-state index is 0.00873. The maximum absolute atomic E-state index is 14.0. The Morgan fingerprint density at radius 1 is 1.18 bits per heavy atom. The predicted molar refractivity (Wildman–Crippen MR) is 97.8 cm³/mol. The van der Waals surface area contributed by atoms with Gasteiger partial charge in [-0.3, -0.25) is 4.79 Å². The molecule has 0 unspecified atom stereocenters. The van der Waals surface area contributed by atoms with Crippen LogP contribution < -0.4 is 0 Å². The molecule has 1 atom stereocenters. The van der Waals surface area contributed by atoms with Crippen molar-refractivity contribution in [3.8, 4) is 0 Å². The first-order valence-electron chi connectivity index (χ1n) is 7.74. The first kappa shape index (κ1) is 20.9. The van der Waals surface area contributed by atoms with E-state index in [1.54, 1.807) is 6.92 Å². The number of benzene rings is 2. The molecule has 3 rings (SSSR count). The number of halogens is 7. The number of oxime groups is 1. The molecule has 148 valence electrons. The Morgan fingerprint density at radius 2 is 1.79 bits per heavy atom. The molecule has 0 saturated carbocycles. The van der Waals surface area contributed by atoms with E-state index in [0.717, 1.165) is 12.1 Å². The van der Waals surface area contributed by atoms with Crippen molar-refractivity contribution in [1.82, 2.24) is 0 Å². The average molecular weight is 455 g/mol. The second-order valence-corrected chi connectivity index (χ2v) is 7.35. The van der Waals surface area contributed by atoms with Gasteiger partial charge < -0.3 is 4.84 Å². The third kappa shape index (κ3) is 3.47. The summed E-state index contributed by atoms with van der Waals surface area (Å²) >= 11 is 16.8. The molecule has 2 aromatic rings. The lowest BCUT2D eigenvalue weighted by atomic mass is 9.86. The quantitative estimate of drug-likeness (QED) is 0.306. The predicted octanol–water partition coefficient (Wildman–Crippen LogP) is 6.40. The van der Waals surface area contributed by atoms with E-state index >= 15 is 0 Å². The highest BCUT2D eigenvalue weighted by Gasteiger charge is 2.62. The summed E-state index contributed by atoms with van der Waals surface area (Å²) in [6, 6.07) is 5.92. The summed E-state index contributed by atoms with van der Waals surface area (Å²) < 4.78 is 55.5. The lowest BCUT2D eigenvalue weighted by Crippen LogP contribution is -2.42. The molecule has 1 aliphatic rings. The molecule has 0 aromatic heterocycles. The van der Waals surface area contributed by atoms with Crippen LogP contribution in [0.25, 0.3) is 0 Å². The molecule has 0 aliphatic carbocycles. The summed E-state index contributed by atoms with van der Waals surface area (Å²) in [4.78, 5) is 16.2. The van der Waals surface area contributed by atoms with Gasteiger partial charge in [0.15, 0.2) is 5.82 Å². The standard InChI is InChI=1S/C18H10Cl3F4NO2/c1-8-4-9(2-3-11(8)16(21)27)14-7-17(28-26-14,18(23,24)25)10-5-12(19)15(22)13(20)6-10/h2-6H,7H2,1H3/t17-/m0/s1. The number of aryl methyl sites for hydroxylation is 1. The van der Waals surface area contributed by atoms with Gasteiger partial charge in [0.2, 0.25) is 0 Å². The van der Waals surface area contributed by atoms with E-state index in [1.165, 1.54) is 18.2 Å². The number of carbonyl (C=O) groups is 1. The summed E-state index contributed by atoms with van der Waals surface area (Å²) in [7, 11) is 0. The van der Waals surface area contributed by atoms with E-state index in [4.69, 9.17) is 39.6 Å². The van der Waals surface area contributed by atoms with Crippen molar-refractivity contribution in [2.24, 2.45) is 5.16 Å². The van der Waals surface area contributed by atoms with Crippen LogP contribution in [0.1, 0.15) is 33.5 Å². The molecule has 28 heavy (non-hydrogen) atoms. The molecular formula is C18H10Cl3F4NO2. The van der Waals surface area contributed by atoms with Crippen molar-refractivity contribution in [2.45, 2.75) is 25.1 Å². The Hall–Kier alpha value is -1.83. The van der Waals surface area contributed by atoms with E-state index in [1.807, 2.05) is 0 Å². The van der Waals surface area contributed by atoms with Crippen LogP contribution in [0.2, 0.25) is 10.0 Å². The summed E-state index contributed by atoms with van der Waals surface area (Å²) in [5.41, 5.74) is -2.34. The maximum Gasteiger partial charge on any atom is 0.435 e. The van der Waals surface area contributed by atoms with Gasteiger partial charge in [-0.2, -0.15) is 13.2 Å². The highest BCUT2D eigenvalue weighted by atomic mass is 35.5. The zero-order valence-electron chi connectivity index (χ0n) is 14.0. The van der Waals surface area contributed by atoms with E-state index < -0.39 is 44.9 Å². The number of rotatable bonds is 3. The van der Waals surface area contributed by atoms with Crippen LogP contribution in [0.15, 0.2) is 35.5 Å². The summed E-state index contributed by atoms with van der Waals surface area (Å²) in [5, 5.41) is 1.78. The molecule has 0 radical (unpaired) electrons. The number of nitrogens with zero attached hydrogens (tertiary/aromatic N) is 1. The van der Waals surface area contributed by atoms with Crippen LogP contribution in [0, 0.1) is 12.7 Å². The Balaban J connectivity index is 2.04. The third-order valence-electron chi connectivity index (χ3n) is 4.41. The SMILES string of the molecule is Cc1cc(C2=NO[C@@](c3cc(Cl)c(F)c(Cl)c3)(C(F)(F)F)C2)ccc1C(=O)Cl. The van der Waals surface area contributed by atoms with Gasteiger partial charge in [0.1, 0.15) is 0 Å². The van der Waals surface area contributed by atoms with E-state index in [0.29, 0.717) is 11.1 Å². The van der Waals surface area contributed by atoms with Gasteiger partial charge in [0, 0.05) is 17.5 Å². The van der Waals surface area contributed by atoms with Crippen LogP contribution in [-0.2, 0) is 10.4 Å². The third-order valence-corrected chi connectivity index (χ3v) is 5.16. The fraction of sp³-hybridized carbons (Fsp3) is 0.222. The van der Waals surface area contributed by atoms with Gasteiger partial charge >= 0.3 is 6.18 Å². The molecule has 2 aromatic carbocycles. The molecule has 10 heteroatoms. The van der Waals surface area contributed by atoms with E-state index in [2.05, 4.69) is 5.16 Å². The lowest BCUT2D eigenvalue weighted by molar-refractivity contribution is -0.275.